The van der Waals surface area contributed by atoms with Crippen LogP contribution in [0.25, 0.3) is 23.1 Å². The van der Waals surface area contributed by atoms with Crippen LogP contribution in [-0.2, 0) is 11.3 Å². The fourth-order valence-electron chi connectivity index (χ4n) is 3.87. The molecule has 7 nitrogen and oxygen atoms in total. The van der Waals surface area contributed by atoms with E-state index in [1.807, 2.05) is 49.7 Å². The fourth-order valence-corrected chi connectivity index (χ4v) is 3.87. The molecule has 3 N–H and O–H groups in total. The van der Waals surface area contributed by atoms with E-state index in [0.717, 1.165) is 77.4 Å². The highest BCUT2D eigenvalue weighted by Gasteiger charge is 2.11. The highest BCUT2D eigenvalue weighted by molar-refractivity contribution is 5.90. The summed E-state index contributed by atoms with van der Waals surface area (Å²) >= 11 is 0. The molecule has 0 atom stereocenters. The summed E-state index contributed by atoms with van der Waals surface area (Å²) in [6, 6.07) is 12.4. The van der Waals surface area contributed by atoms with Crippen molar-refractivity contribution in [2.45, 2.75) is 26.8 Å². The Morgan fingerprint density at radius 2 is 2.03 bits per heavy atom. The molecule has 1 aromatic carbocycles. The van der Waals surface area contributed by atoms with Gasteiger partial charge in [-0.2, -0.15) is 5.26 Å². The van der Waals surface area contributed by atoms with Crippen molar-refractivity contribution in [2.75, 3.05) is 25.1 Å². The van der Waals surface area contributed by atoms with Gasteiger partial charge in [0.1, 0.15) is 6.07 Å². The van der Waals surface area contributed by atoms with E-state index in [-0.39, 0.29) is 0 Å². The van der Waals surface area contributed by atoms with Crippen molar-refractivity contribution >= 4 is 34.4 Å². The summed E-state index contributed by atoms with van der Waals surface area (Å²) in [4.78, 5) is 12.0. The number of anilines is 2. The number of aryl methyl sites for hydroxylation is 1. The molecule has 0 spiro atoms. The van der Waals surface area contributed by atoms with Crippen molar-refractivity contribution in [2.24, 2.45) is 0 Å². The van der Waals surface area contributed by atoms with Crippen molar-refractivity contribution in [1.29, 1.82) is 5.26 Å². The van der Waals surface area contributed by atoms with E-state index in [1.165, 1.54) is 0 Å². The number of nitrogens with one attached hydrogen (secondary N) is 3. The highest BCUT2D eigenvalue weighted by atomic mass is 16.5. The number of ether oxygens (including phenoxy) is 1. The smallest absolute Gasteiger partial charge is 0.103 e. The Labute approximate surface area is 205 Å². The zero-order valence-corrected chi connectivity index (χ0v) is 20.1. The molecule has 3 heterocycles. The average Bonchev–Trinajstić information content (AvgIpc) is 3.37. The van der Waals surface area contributed by atoms with E-state index in [4.69, 9.17) is 4.74 Å². The molecular formula is C28H30N6O. The lowest BCUT2D eigenvalue weighted by atomic mass is 10.1. The zero-order chi connectivity index (χ0) is 24.5. The van der Waals surface area contributed by atoms with Crippen molar-refractivity contribution < 1.29 is 4.74 Å². The number of pyridine rings is 2. The summed E-state index contributed by atoms with van der Waals surface area (Å²) in [5, 5.41) is 17.7. The molecule has 0 aliphatic heterocycles. The van der Waals surface area contributed by atoms with Gasteiger partial charge >= 0.3 is 0 Å². The Hall–Kier alpha value is -3.99. The van der Waals surface area contributed by atoms with Crippen LogP contribution in [0, 0.1) is 18.3 Å². The number of fused-ring (bicyclic) bond motifs is 1. The minimum absolute atomic E-state index is 0.486. The Bertz CT molecular complexity index is 1330. The van der Waals surface area contributed by atoms with Gasteiger partial charge in [0, 0.05) is 66.7 Å². The van der Waals surface area contributed by atoms with Gasteiger partial charge in [0.15, 0.2) is 0 Å². The number of rotatable bonds is 11. The van der Waals surface area contributed by atoms with Crippen molar-refractivity contribution in [3.8, 4) is 6.07 Å². The molecule has 3 aromatic heterocycles. The van der Waals surface area contributed by atoms with Gasteiger partial charge in [-0.1, -0.05) is 6.07 Å². The Balaban J connectivity index is 1.47. The van der Waals surface area contributed by atoms with Gasteiger partial charge in [-0.25, -0.2) is 0 Å². The number of nitrogens with zero attached hydrogens (tertiary/aromatic N) is 3. The SMILES string of the molecule is CCOCCCNCc1ccc(C=Cc2cncc(C#N)c2Nc2ccc3[nH]ccc3c2C)nc1. The second-order valence-electron chi connectivity index (χ2n) is 8.22. The molecular weight excluding hydrogens is 436 g/mol. The third-order valence-electron chi connectivity index (χ3n) is 5.82. The van der Waals surface area contributed by atoms with Crippen LogP contribution in [0.2, 0.25) is 0 Å². The first kappa shape index (κ1) is 24.1. The van der Waals surface area contributed by atoms with Gasteiger partial charge in [-0.05, 0) is 74.4 Å². The first-order valence-electron chi connectivity index (χ1n) is 11.8. The van der Waals surface area contributed by atoms with Crippen LogP contribution in [0.4, 0.5) is 11.4 Å². The van der Waals surface area contributed by atoms with Crippen LogP contribution < -0.4 is 10.6 Å². The third kappa shape index (κ3) is 6.12. The summed E-state index contributed by atoms with van der Waals surface area (Å²) < 4.78 is 5.35. The molecule has 0 fully saturated rings. The van der Waals surface area contributed by atoms with Gasteiger partial charge in [-0.15, -0.1) is 0 Å². The number of hydrogen-bond acceptors (Lipinski definition) is 6. The predicted octanol–water partition coefficient (Wildman–Crippen LogP) is 5.57. The van der Waals surface area contributed by atoms with Crippen LogP contribution >= 0.6 is 0 Å². The average molecular weight is 467 g/mol. The molecule has 0 aliphatic rings. The van der Waals surface area contributed by atoms with Crippen LogP contribution in [0.5, 0.6) is 0 Å². The van der Waals surface area contributed by atoms with Gasteiger partial charge < -0.3 is 20.4 Å². The van der Waals surface area contributed by atoms with E-state index in [2.05, 4.69) is 50.7 Å². The molecule has 0 bridgehead atoms. The standard InChI is InChI=1S/C28H30N6O/c1-3-35-14-4-12-30-16-21-5-7-24(33-17-21)8-6-22-18-31-19-23(15-29)28(22)34-26-9-10-27-25(20(26)2)11-13-32-27/h5-11,13,17-19,30,32H,3-4,12,14,16H2,1-2H3,(H,31,34). The van der Waals surface area contributed by atoms with Crippen LogP contribution in [-0.4, -0.2) is 34.7 Å². The minimum Gasteiger partial charge on any atom is -0.382 e. The number of aromatic amines is 1. The maximum atomic E-state index is 9.69. The van der Waals surface area contributed by atoms with Crippen LogP contribution in [0.1, 0.15) is 41.3 Å². The maximum absolute atomic E-state index is 9.69. The van der Waals surface area contributed by atoms with Crippen LogP contribution in [0.3, 0.4) is 0 Å². The predicted molar refractivity (Wildman–Crippen MR) is 141 cm³/mol. The lowest BCUT2D eigenvalue weighted by Gasteiger charge is -2.14. The Kier molecular flexibility index (Phi) is 8.23. The van der Waals surface area contributed by atoms with E-state index < -0.39 is 0 Å². The minimum atomic E-state index is 0.486. The van der Waals surface area contributed by atoms with Gasteiger partial charge in [0.05, 0.1) is 16.9 Å². The molecule has 0 aliphatic carbocycles. The number of aromatic nitrogens is 3. The number of benzene rings is 1. The lowest BCUT2D eigenvalue weighted by molar-refractivity contribution is 0.144. The molecule has 35 heavy (non-hydrogen) atoms. The monoisotopic (exact) mass is 466 g/mol. The molecule has 0 unspecified atom stereocenters. The molecule has 4 rings (SSSR count). The van der Waals surface area contributed by atoms with Gasteiger partial charge in [0.2, 0.25) is 0 Å². The van der Waals surface area contributed by atoms with E-state index in [1.54, 1.807) is 12.4 Å². The van der Waals surface area contributed by atoms with E-state index in [9.17, 15) is 5.26 Å². The first-order valence-corrected chi connectivity index (χ1v) is 11.8. The zero-order valence-electron chi connectivity index (χ0n) is 20.1. The molecule has 7 heteroatoms. The largest absolute Gasteiger partial charge is 0.382 e. The van der Waals surface area contributed by atoms with Gasteiger partial charge in [0.25, 0.3) is 0 Å². The number of hydrogen-bond donors (Lipinski definition) is 3. The number of H-pyrrole nitrogens is 1. The topological polar surface area (TPSA) is 98.6 Å². The second kappa shape index (κ2) is 11.9. The molecule has 0 radical (unpaired) electrons. The van der Waals surface area contributed by atoms with E-state index in [0.29, 0.717) is 5.56 Å². The van der Waals surface area contributed by atoms with Crippen molar-refractivity contribution in [3.63, 3.8) is 0 Å². The summed E-state index contributed by atoms with van der Waals surface area (Å²) in [6.07, 6.45) is 12.0. The third-order valence-corrected chi connectivity index (χ3v) is 5.82. The second-order valence-corrected chi connectivity index (χ2v) is 8.22. The summed E-state index contributed by atoms with van der Waals surface area (Å²) in [5.74, 6) is 0. The first-order chi connectivity index (χ1) is 17.2. The van der Waals surface area contributed by atoms with Crippen molar-refractivity contribution in [1.82, 2.24) is 20.3 Å². The molecule has 0 saturated heterocycles. The summed E-state index contributed by atoms with van der Waals surface area (Å²) in [6.45, 7) is 7.31. The Morgan fingerprint density at radius 1 is 1.11 bits per heavy atom. The molecule has 178 valence electrons. The molecule has 4 aromatic rings. The lowest BCUT2D eigenvalue weighted by Crippen LogP contribution is -2.16. The Morgan fingerprint density at radius 3 is 2.83 bits per heavy atom. The van der Waals surface area contributed by atoms with Gasteiger partial charge in [-0.3, -0.25) is 9.97 Å². The maximum Gasteiger partial charge on any atom is 0.103 e. The van der Waals surface area contributed by atoms with Crippen LogP contribution in [0.15, 0.2) is 55.1 Å². The van der Waals surface area contributed by atoms with Crippen molar-refractivity contribution in [3.05, 3.63) is 83.1 Å². The summed E-state index contributed by atoms with van der Waals surface area (Å²) in [5.41, 5.74) is 7.14. The quantitative estimate of drug-likeness (QED) is 0.250. The fraction of sp³-hybridized carbons (Fsp3) is 0.250. The highest BCUT2D eigenvalue weighted by Crippen LogP contribution is 2.31. The normalized spacial score (nSPS) is 11.2. The molecule has 0 saturated carbocycles. The summed E-state index contributed by atoms with van der Waals surface area (Å²) in [7, 11) is 0. The number of nitriles is 1. The van der Waals surface area contributed by atoms with E-state index >= 15 is 0 Å². The molecule has 0 amide bonds.